The second-order valence-electron chi connectivity index (χ2n) is 7.78. The first-order valence-corrected chi connectivity index (χ1v) is 12.6. The number of carbonyl (C=O) groups excluding carboxylic acids is 1. The quantitative estimate of drug-likeness (QED) is 0.257. The van der Waals surface area contributed by atoms with Gasteiger partial charge in [0.15, 0.2) is 5.96 Å². The van der Waals surface area contributed by atoms with Crippen molar-refractivity contribution >= 4 is 21.9 Å². The second kappa shape index (κ2) is 13.1. The molecule has 1 amide bonds. The number of ether oxygens (including phenoxy) is 1. The fourth-order valence-electron chi connectivity index (χ4n) is 3.57. The van der Waals surface area contributed by atoms with Crippen LogP contribution in [0.2, 0.25) is 0 Å². The maximum atomic E-state index is 12.2. The molecule has 10 nitrogen and oxygen atoms in total. The van der Waals surface area contributed by atoms with Gasteiger partial charge in [0.2, 0.25) is 15.9 Å². The Labute approximate surface area is 180 Å². The van der Waals surface area contributed by atoms with Crippen LogP contribution in [-0.2, 0) is 19.6 Å². The van der Waals surface area contributed by atoms with E-state index in [1.54, 1.807) is 7.05 Å². The first-order valence-electron chi connectivity index (χ1n) is 11.0. The zero-order valence-corrected chi connectivity index (χ0v) is 19.1. The zero-order valence-electron chi connectivity index (χ0n) is 18.3. The summed E-state index contributed by atoms with van der Waals surface area (Å²) in [6, 6.07) is 0.252. The van der Waals surface area contributed by atoms with E-state index in [4.69, 9.17) is 4.74 Å². The van der Waals surface area contributed by atoms with Crippen molar-refractivity contribution in [1.29, 1.82) is 0 Å². The number of nitrogens with zero attached hydrogens (tertiary/aromatic N) is 2. The lowest BCUT2D eigenvalue weighted by atomic mass is 10.1. The molecule has 0 bridgehead atoms. The van der Waals surface area contributed by atoms with Crippen molar-refractivity contribution in [3.63, 3.8) is 0 Å². The molecule has 1 atom stereocenters. The number of rotatable bonds is 10. The number of amides is 1. The summed E-state index contributed by atoms with van der Waals surface area (Å²) in [5, 5.41) is 9.22. The Balaban J connectivity index is 1.73. The highest BCUT2D eigenvalue weighted by atomic mass is 32.2. The predicted octanol–water partition coefficient (Wildman–Crippen LogP) is -0.760. The van der Waals surface area contributed by atoms with Crippen LogP contribution in [0.4, 0.5) is 0 Å². The Morgan fingerprint density at radius 1 is 1.20 bits per heavy atom. The third-order valence-electron chi connectivity index (χ3n) is 5.35. The fourth-order valence-corrected chi connectivity index (χ4v) is 4.48. The van der Waals surface area contributed by atoms with Gasteiger partial charge in [-0.05, 0) is 39.0 Å². The number of carbonyl (C=O) groups is 1. The van der Waals surface area contributed by atoms with Crippen LogP contribution in [-0.4, -0.2) is 96.0 Å². The van der Waals surface area contributed by atoms with E-state index in [1.165, 1.54) is 0 Å². The van der Waals surface area contributed by atoms with Gasteiger partial charge in [0.1, 0.15) is 0 Å². The van der Waals surface area contributed by atoms with E-state index in [1.807, 2.05) is 6.92 Å². The maximum Gasteiger partial charge on any atom is 0.233 e. The Morgan fingerprint density at radius 2 is 1.97 bits per heavy atom. The molecule has 0 aliphatic carbocycles. The molecule has 1 unspecified atom stereocenters. The molecule has 0 saturated carbocycles. The Kier molecular flexibility index (Phi) is 10.8. The average molecular weight is 447 g/mol. The van der Waals surface area contributed by atoms with Gasteiger partial charge in [-0.15, -0.1) is 0 Å². The summed E-state index contributed by atoms with van der Waals surface area (Å²) >= 11 is 0. The molecule has 0 spiro atoms. The number of hydrogen-bond acceptors (Lipinski definition) is 6. The molecular formula is C19H38N6O4S. The molecule has 2 aliphatic rings. The third-order valence-corrected chi connectivity index (χ3v) is 6.68. The number of sulfonamides is 1. The van der Waals surface area contributed by atoms with Crippen molar-refractivity contribution in [3.05, 3.63) is 0 Å². The number of hydrogen-bond donors (Lipinski definition) is 4. The van der Waals surface area contributed by atoms with E-state index < -0.39 is 10.0 Å². The molecule has 0 aromatic heterocycles. The van der Waals surface area contributed by atoms with Crippen LogP contribution in [0.1, 0.15) is 39.0 Å². The van der Waals surface area contributed by atoms with E-state index >= 15 is 0 Å². The smallest absolute Gasteiger partial charge is 0.233 e. The molecule has 174 valence electrons. The fraction of sp³-hybridized carbons (Fsp3) is 0.895. The van der Waals surface area contributed by atoms with Crippen molar-refractivity contribution < 1.29 is 17.9 Å². The highest BCUT2D eigenvalue weighted by Gasteiger charge is 2.21. The van der Waals surface area contributed by atoms with Gasteiger partial charge in [0.25, 0.3) is 0 Å². The predicted molar refractivity (Wildman–Crippen MR) is 118 cm³/mol. The summed E-state index contributed by atoms with van der Waals surface area (Å²) < 4.78 is 32.7. The summed E-state index contributed by atoms with van der Waals surface area (Å²) in [5.41, 5.74) is 0. The van der Waals surface area contributed by atoms with Crippen molar-refractivity contribution in [1.82, 2.24) is 25.6 Å². The van der Waals surface area contributed by atoms with Crippen LogP contribution in [0, 0.1) is 0 Å². The minimum atomic E-state index is -3.38. The number of aliphatic imine (C=N–C) groups is 1. The summed E-state index contributed by atoms with van der Waals surface area (Å²) in [6.45, 7) is 6.01. The van der Waals surface area contributed by atoms with Crippen molar-refractivity contribution in [2.24, 2.45) is 4.99 Å². The molecule has 2 fully saturated rings. The SMILES string of the molecule is CCNC(=NCCS(=O)(=O)NCC1CCCCO1)NC1CCN(CC(=O)NC)CC1. The highest BCUT2D eigenvalue weighted by Crippen LogP contribution is 2.12. The molecule has 4 N–H and O–H groups in total. The zero-order chi connectivity index (χ0) is 21.8. The molecule has 2 aliphatic heterocycles. The standard InChI is InChI=1S/C19H38N6O4S/c1-3-21-19(24-16-7-10-25(11-8-16)15-18(26)20-2)22-9-13-30(27,28)23-14-17-6-4-5-12-29-17/h16-17,23H,3-15H2,1-2H3,(H,20,26)(H2,21,22,24). The summed E-state index contributed by atoms with van der Waals surface area (Å²) in [5.74, 6) is 0.607. The summed E-state index contributed by atoms with van der Waals surface area (Å²) in [7, 11) is -1.74. The topological polar surface area (TPSA) is 124 Å². The van der Waals surface area contributed by atoms with Crippen LogP contribution < -0.4 is 20.7 Å². The maximum absolute atomic E-state index is 12.2. The van der Waals surface area contributed by atoms with Gasteiger partial charge in [0.05, 0.1) is 24.9 Å². The number of guanidine groups is 1. The van der Waals surface area contributed by atoms with Gasteiger partial charge in [-0.25, -0.2) is 13.1 Å². The average Bonchev–Trinajstić information content (AvgIpc) is 2.74. The van der Waals surface area contributed by atoms with E-state index in [-0.39, 0.29) is 30.4 Å². The lowest BCUT2D eigenvalue weighted by molar-refractivity contribution is -0.122. The molecule has 11 heteroatoms. The third kappa shape index (κ3) is 9.59. The molecule has 0 aromatic carbocycles. The number of likely N-dealkylation sites (tertiary alicyclic amines) is 1. The van der Waals surface area contributed by atoms with Crippen LogP contribution in [0.5, 0.6) is 0 Å². The monoisotopic (exact) mass is 446 g/mol. The minimum Gasteiger partial charge on any atom is -0.377 e. The van der Waals surface area contributed by atoms with Crippen LogP contribution in [0.3, 0.4) is 0 Å². The first kappa shape index (κ1) is 24.8. The van der Waals surface area contributed by atoms with Crippen molar-refractivity contribution in [3.8, 4) is 0 Å². The van der Waals surface area contributed by atoms with E-state index in [0.29, 0.717) is 32.2 Å². The van der Waals surface area contributed by atoms with Crippen molar-refractivity contribution in [2.75, 3.05) is 58.7 Å². The van der Waals surface area contributed by atoms with Crippen LogP contribution >= 0.6 is 0 Å². The van der Waals surface area contributed by atoms with Gasteiger partial charge in [-0.3, -0.25) is 14.7 Å². The van der Waals surface area contributed by atoms with Crippen LogP contribution in [0.15, 0.2) is 4.99 Å². The summed E-state index contributed by atoms with van der Waals surface area (Å²) in [6.07, 6.45) is 4.82. The van der Waals surface area contributed by atoms with E-state index in [0.717, 1.165) is 45.2 Å². The Hall–Kier alpha value is -1.43. The molecule has 0 aromatic rings. The van der Waals surface area contributed by atoms with Gasteiger partial charge in [0, 0.05) is 45.9 Å². The number of nitrogens with one attached hydrogen (secondary N) is 4. The van der Waals surface area contributed by atoms with Gasteiger partial charge in [-0.1, -0.05) is 0 Å². The molecule has 30 heavy (non-hydrogen) atoms. The van der Waals surface area contributed by atoms with Gasteiger partial charge in [-0.2, -0.15) is 0 Å². The van der Waals surface area contributed by atoms with Crippen LogP contribution in [0.25, 0.3) is 0 Å². The minimum absolute atomic E-state index is 0.0229. The normalized spacial score (nSPS) is 21.9. The lowest BCUT2D eigenvalue weighted by Crippen LogP contribution is -2.50. The highest BCUT2D eigenvalue weighted by molar-refractivity contribution is 7.89. The van der Waals surface area contributed by atoms with Gasteiger partial charge >= 0.3 is 0 Å². The molecular weight excluding hydrogens is 408 g/mol. The lowest BCUT2D eigenvalue weighted by Gasteiger charge is -2.32. The van der Waals surface area contributed by atoms with E-state index in [2.05, 4.69) is 30.6 Å². The largest absolute Gasteiger partial charge is 0.377 e. The molecule has 0 radical (unpaired) electrons. The second-order valence-corrected chi connectivity index (χ2v) is 9.71. The first-order chi connectivity index (χ1) is 14.4. The Morgan fingerprint density at radius 3 is 2.60 bits per heavy atom. The molecule has 2 rings (SSSR count). The van der Waals surface area contributed by atoms with Crippen molar-refractivity contribution in [2.45, 2.75) is 51.2 Å². The molecule has 2 heterocycles. The van der Waals surface area contributed by atoms with Gasteiger partial charge < -0.3 is 20.7 Å². The number of likely N-dealkylation sites (N-methyl/N-ethyl adjacent to an activating group) is 1. The van der Waals surface area contributed by atoms with E-state index in [9.17, 15) is 13.2 Å². The molecule has 2 saturated heterocycles. The Bertz CT molecular complexity index is 643. The summed E-state index contributed by atoms with van der Waals surface area (Å²) in [4.78, 5) is 18.1. The number of piperidine rings is 1.